The molecule has 0 bridgehead atoms. The van der Waals surface area contributed by atoms with Crippen molar-refractivity contribution in [2.75, 3.05) is 33.4 Å². The first-order valence-electron chi connectivity index (χ1n) is 15.1. The summed E-state index contributed by atoms with van der Waals surface area (Å²) in [5.41, 5.74) is 3.58. The zero-order valence-corrected chi connectivity index (χ0v) is 25.8. The Hall–Kier alpha value is -3.86. The summed E-state index contributed by atoms with van der Waals surface area (Å²) in [6, 6.07) is 14.7. The summed E-state index contributed by atoms with van der Waals surface area (Å²) in [6.45, 7) is 6.47. The Balaban J connectivity index is 1.14. The Bertz CT molecular complexity index is 1630. The molecule has 1 atom stereocenters. The molecule has 4 heterocycles. The third kappa shape index (κ3) is 6.62. The van der Waals surface area contributed by atoms with Crippen molar-refractivity contribution in [3.05, 3.63) is 76.2 Å². The highest BCUT2D eigenvalue weighted by Crippen LogP contribution is 2.33. The molecule has 1 unspecified atom stereocenters. The zero-order valence-electron chi connectivity index (χ0n) is 25.0. The van der Waals surface area contributed by atoms with Gasteiger partial charge in [0.1, 0.15) is 29.4 Å². The van der Waals surface area contributed by atoms with Crippen LogP contribution in [0.5, 0.6) is 17.4 Å². The second-order valence-electron chi connectivity index (χ2n) is 11.2. The third-order valence-electron chi connectivity index (χ3n) is 8.37. The Morgan fingerprint density at radius 2 is 1.89 bits per heavy atom. The number of carboxylic acids is 1. The van der Waals surface area contributed by atoms with E-state index in [4.69, 9.17) is 40.5 Å². The molecule has 2 aromatic heterocycles. The summed E-state index contributed by atoms with van der Waals surface area (Å²) >= 11 is 6.09. The van der Waals surface area contributed by atoms with Crippen LogP contribution in [0.25, 0.3) is 11.0 Å². The van der Waals surface area contributed by atoms with Gasteiger partial charge in [0, 0.05) is 34.9 Å². The lowest BCUT2D eigenvalue weighted by Gasteiger charge is -2.32. The van der Waals surface area contributed by atoms with Crippen molar-refractivity contribution in [2.45, 2.75) is 57.9 Å². The number of hydrogen-bond donors (Lipinski definition) is 1. The van der Waals surface area contributed by atoms with Crippen molar-refractivity contribution in [3.63, 3.8) is 0 Å². The standard InChI is InChI=1S/C33H37ClN4O6/c1-3-42-29-16-23(33(39)40)15-27-32(29)36-30(38(27)18-25-11-14-43-25)19-37-12-9-21(10-13-37)26-5-4-6-31(35-26)44-20-22-7-8-24(34)17-28(22)41-2/h4-8,15-17,21,25H,3,9-14,18-20H2,1-2H3,(H,39,40). The monoisotopic (exact) mass is 620 g/mol. The zero-order chi connectivity index (χ0) is 30.6. The maximum atomic E-state index is 11.9. The van der Waals surface area contributed by atoms with Gasteiger partial charge >= 0.3 is 5.97 Å². The Kier molecular flexibility index (Phi) is 9.20. The van der Waals surface area contributed by atoms with Gasteiger partial charge in [-0.15, -0.1) is 0 Å². The van der Waals surface area contributed by atoms with E-state index >= 15 is 0 Å². The molecule has 2 saturated heterocycles. The molecule has 4 aromatic rings. The molecular weight excluding hydrogens is 584 g/mol. The number of fused-ring (bicyclic) bond motifs is 1. The first-order valence-corrected chi connectivity index (χ1v) is 15.4. The number of nitrogens with zero attached hydrogens (tertiary/aromatic N) is 4. The minimum atomic E-state index is -0.989. The van der Waals surface area contributed by atoms with Crippen LogP contribution < -0.4 is 14.2 Å². The minimum Gasteiger partial charge on any atom is -0.496 e. The summed E-state index contributed by atoms with van der Waals surface area (Å²) in [7, 11) is 1.62. The molecule has 2 aliphatic heterocycles. The Labute approximate surface area is 261 Å². The molecular formula is C33H37ClN4O6. The van der Waals surface area contributed by atoms with Crippen LogP contribution >= 0.6 is 11.6 Å². The molecule has 0 saturated carbocycles. The van der Waals surface area contributed by atoms with E-state index in [0.717, 1.165) is 61.6 Å². The lowest BCUT2D eigenvalue weighted by Crippen LogP contribution is -2.35. The highest BCUT2D eigenvalue weighted by atomic mass is 35.5. The molecule has 2 aliphatic rings. The van der Waals surface area contributed by atoms with E-state index in [2.05, 4.69) is 15.5 Å². The van der Waals surface area contributed by atoms with Gasteiger partial charge < -0.3 is 28.6 Å². The van der Waals surface area contributed by atoms with Crippen molar-refractivity contribution >= 4 is 28.6 Å². The van der Waals surface area contributed by atoms with Crippen LogP contribution in [0.3, 0.4) is 0 Å². The highest BCUT2D eigenvalue weighted by Gasteiger charge is 2.27. The molecule has 0 aliphatic carbocycles. The molecule has 6 rings (SSSR count). The van der Waals surface area contributed by atoms with Gasteiger partial charge in [-0.25, -0.2) is 14.8 Å². The van der Waals surface area contributed by atoms with Crippen LogP contribution in [0.1, 0.15) is 59.5 Å². The van der Waals surface area contributed by atoms with Crippen LogP contribution in [-0.4, -0.2) is 70.0 Å². The number of pyridine rings is 1. The van der Waals surface area contributed by atoms with Crippen LogP contribution in [0.4, 0.5) is 0 Å². The predicted molar refractivity (Wildman–Crippen MR) is 166 cm³/mol. The summed E-state index contributed by atoms with van der Waals surface area (Å²) in [5, 5.41) is 10.4. The van der Waals surface area contributed by atoms with E-state index in [9.17, 15) is 9.90 Å². The van der Waals surface area contributed by atoms with E-state index in [1.807, 2.05) is 31.2 Å². The first-order chi connectivity index (χ1) is 21.4. The fourth-order valence-corrected chi connectivity index (χ4v) is 6.06. The number of halogens is 1. The topological polar surface area (TPSA) is 108 Å². The lowest BCUT2D eigenvalue weighted by atomic mass is 9.93. The van der Waals surface area contributed by atoms with Crippen LogP contribution in [0, 0.1) is 0 Å². The van der Waals surface area contributed by atoms with Crippen molar-refractivity contribution in [1.29, 1.82) is 0 Å². The number of aromatic nitrogens is 3. The number of methoxy groups -OCH3 is 1. The first kappa shape index (κ1) is 30.2. The van der Waals surface area contributed by atoms with Crippen LogP contribution in [0.2, 0.25) is 5.02 Å². The van der Waals surface area contributed by atoms with Gasteiger partial charge in [-0.05, 0) is 69.6 Å². The number of carbonyl (C=O) groups is 1. The predicted octanol–water partition coefficient (Wildman–Crippen LogP) is 5.94. The molecule has 44 heavy (non-hydrogen) atoms. The average molecular weight is 621 g/mol. The number of ether oxygens (including phenoxy) is 4. The van der Waals surface area contributed by atoms with Gasteiger partial charge in [-0.2, -0.15) is 0 Å². The van der Waals surface area contributed by atoms with E-state index < -0.39 is 5.97 Å². The number of benzene rings is 2. The Morgan fingerprint density at radius 3 is 2.59 bits per heavy atom. The number of likely N-dealkylation sites (tertiary alicyclic amines) is 1. The number of carboxylic acid groups (broad SMARTS) is 1. The van der Waals surface area contributed by atoms with Gasteiger partial charge in [0.25, 0.3) is 0 Å². The lowest BCUT2D eigenvalue weighted by molar-refractivity contribution is -0.0592. The van der Waals surface area contributed by atoms with Crippen LogP contribution in [0.15, 0.2) is 48.5 Å². The van der Waals surface area contributed by atoms with Crippen molar-refractivity contribution in [1.82, 2.24) is 19.4 Å². The largest absolute Gasteiger partial charge is 0.496 e. The SMILES string of the molecule is CCOc1cc(C(=O)O)cc2c1nc(CN1CCC(c3cccc(OCc4ccc(Cl)cc4OC)n3)CC1)n2CC1CCO1. The van der Waals surface area contributed by atoms with Gasteiger partial charge in [-0.3, -0.25) is 4.90 Å². The van der Waals surface area contributed by atoms with E-state index in [1.165, 1.54) is 0 Å². The third-order valence-corrected chi connectivity index (χ3v) is 8.60. The Morgan fingerprint density at radius 1 is 1.07 bits per heavy atom. The quantitative estimate of drug-likeness (QED) is 0.206. The van der Waals surface area contributed by atoms with Crippen molar-refractivity contribution in [2.24, 2.45) is 0 Å². The smallest absolute Gasteiger partial charge is 0.335 e. The molecule has 0 spiro atoms. The van der Waals surface area contributed by atoms with Crippen molar-refractivity contribution in [3.8, 4) is 17.4 Å². The molecule has 2 aromatic carbocycles. The molecule has 0 radical (unpaired) electrons. The molecule has 10 nitrogen and oxygen atoms in total. The summed E-state index contributed by atoms with van der Waals surface area (Å²) in [5.74, 6) is 1.99. The minimum absolute atomic E-state index is 0.0993. The van der Waals surface area contributed by atoms with E-state index in [0.29, 0.717) is 60.1 Å². The van der Waals surface area contributed by atoms with Gasteiger partial charge in [0.05, 0.1) is 44.0 Å². The molecule has 2 fully saturated rings. The van der Waals surface area contributed by atoms with Gasteiger partial charge in [0.2, 0.25) is 5.88 Å². The molecule has 0 amide bonds. The van der Waals surface area contributed by atoms with E-state index in [-0.39, 0.29) is 11.7 Å². The summed E-state index contributed by atoms with van der Waals surface area (Å²) in [4.78, 5) is 24.1. The van der Waals surface area contributed by atoms with E-state index in [1.54, 1.807) is 25.3 Å². The maximum absolute atomic E-state index is 11.9. The number of piperidine rings is 1. The normalized spacial score (nSPS) is 17.4. The van der Waals surface area contributed by atoms with Crippen molar-refractivity contribution < 1.29 is 28.8 Å². The highest BCUT2D eigenvalue weighted by molar-refractivity contribution is 6.30. The summed E-state index contributed by atoms with van der Waals surface area (Å²) < 4.78 is 25.2. The number of rotatable bonds is 12. The summed E-state index contributed by atoms with van der Waals surface area (Å²) in [6.07, 6.45) is 2.99. The fraction of sp³-hybridized carbons (Fsp3) is 0.424. The molecule has 11 heteroatoms. The molecule has 1 N–H and O–H groups in total. The second kappa shape index (κ2) is 13.4. The average Bonchev–Trinajstić information content (AvgIpc) is 3.35. The fourth-order valence-electron chi connectivity index (χ4n) is 5.90. The van der Waals surface area contributed by atoms with Crippen LogP contribution in [-0.2, 0) is 24.4 Å². The number of hydrogen-bond acceptors (Lipinski definition) is 8. The number of aromatic carboxylic acids is 1. The number of imidazole rings is 1. The second-order valence-corrected chi connectivity index (χ2v) is 11.6. The van der Waals surface area contributed by atoms with Gasteiger partial charge in [0.15, 0.2) is 0 Å². The maximum Gasteiger partial charge on any atom is 0.335 e. The molecule has 232 valence electrons. The van der Waals surface area contributed by atoms with Gasteiger partial charge in [-0.1, -0.05) is 23.7 Å².